The predicted octanol–water partition coefficient (Wildman–Crippen LogP) is 3.74. The fourth-order valence-corrected chi connectivity index (χ4v) is 2.94. The van der Waals surface area contributed by atoms with E-state index in [0.29, 0.717) is 10.6 Å². The Morgan fingerprint density at radius 2 is 2.00 bits per heavy atom. The third kappa shape index (κ3) is 3.01. The van der Waals surface area contributed by atoms with Crippen LogP contribution in [0.4, 0.5) is 4.39 Å². The van der Waals surface area contributed by atoms with Crippen LogP contribution >= 0.6 is 11.3 Å². The minimum Gasteiger partial charge on any atom is -0.297 e. The van der Waals surface area contributed by atoms with Gasteiger partial charge in [-0.1, -0.05) is 12.1 Å². The van der Waals surface area contributed by atoms with E-state index in [1.807, 2.05) is 18.4 Å². The molecule has 1 atom stereocenters. The second kappa shape index (κ2) is 5.74. The largest absolute Gasteiger partial charge is 0.297 e. The van der Waals surface area contributed by atoms with Gasteiger partial charge in [-0.15, -0.1) is 11.3 Å². The van der Waals surface area contributed by atoms with Gasteiger partial charge in [0.2, 0.25) is 0 Å². The molecule has 21 heavy (non-hydrogen) atoms. The number of thiazole rings is 1. The Bertz CT molecular complexity index is 698. The number of nitrogens with zero attached hydrogens (tertiary/aromatic N) is 2. The first-order valence-electron chi connectivity index (χ1n) is 6.48. The van der Waals surface area contributed by atoms with Crippen LogP contribution in [-0.4, -0.2) is 10.8 Å². The summed E-state index contributed by atoms with van der Waals surface area (Å²) in [5.74, 6) is -1.48. The molecular weight excluding hydrogens is 287 g/mol. The number of halogens is 1. The van der Waals surface area contributed by atoms with Gasteiger partial charge in [0, 0.05) is 11.1 Å². The second-order valence-electron chi connectivity index (χ2n) is 5.39. The number of benzene rings is 1. The molecule has 2 aromatic rings. The highest BCUT2D eigenvalue weighted by atomic mass is 32.1. The fraction of sp³-hybridized carbons (Fsp3) is 0.312. The minimum atomic E-state index is -0.899. The second-order valence-corrected chi connectivity index (χ2v) is 6.28. The van der Waals surface area contributed by atoms with E-state index in [1.165, 1.54) is 23.5 Å². The topological polar surface area (TPSA) is 53.8 Å². The fourth-order valence-electron chi connectivity index (χ4n) is 2.10. The number of rotatable bonds is 4. The smallest absolute Gasteiger partial charge is 0.166 e. The standard InChI is InChI=1S/C16H15FN2OS/c1-10-9-21-15(19-10)13(8-18)14(20)16(2,3)11-4-6-12(17)7-5-11/h4-7,9,13H,1-3H3/t13-/m0/s1. The first kappa shape index (κ1) is 15.3. The highest BCUT2D eigenvalue weighted by Gasteiger charge is 2.37. The Hall–Kier alpha value is -2.06. The highest BCUT2D eigenvalue weighted by Crippen LogP contribution is 2.32. The van der Waals surface area contributed by atoms with Gasteiger partial charge in [-0.25, -0.2) is 9.37 Å². The van der Waals surface area contributed by atoms with Crippen LogP contribution < -0.4 is 0 Å². The van der Waals surface area contributed by atoms with Crippen molar-refractivity contribution in [3.8, 4) is 6.07 Å². The van der Waals surface area contributed by atoms with Crippen molar-refractivity contribution >= 4 is 17.1 Å². The van der Waals surface area contributed by atoms with Gasteiger partial charge in [0.1, 0.15) is 10.8 Å². The summed E-state index contributed by atoms with van der Waals surface area (Å²) in [6.45, 7) is 5.31. The van der Waals surface area contributed by atoms with E-state index in [4.69, 9.17) is 0 Å². The van der Waals surface area contributed by atoms with Crippen molar-refractivity contribution in [2.45, 2.75) is 32.1 Å². The van der Waals surface area contributed by atoms with Gasteiger partial charge in [0.25, 0.3) is 0 Å². The lowest BCUT2D eigenvalue weighted by Gasteiger charge is -2.25. The number of hydrogen-bond acceptors (Lipinski definition) is 4. The Balaban J connectivity index is 2.36. The van der Waals surface area contributed by atoms with Gasteiger partial charge in [-0.05, 0) is 38.5 Å². The molecule has 0 aliphatic rings. The number of aromatic nitrogens is 1. The Morgan fingerprint density at radius 1 is 1.38 bits per heavy atom. The zero-order chi connectivity index (χ0) is 15.6. The molecule has 0 unspecified atom stereocenters. The van der Waals surface area contributed by atoms with Gasteiger partial charge < -0.3 is 0 Å². The zero-order valence-corrected chi connectivity index (χ0v) is 12.9. The summed E-state index contributed by atoms with van der Waals surface area (Å²) in [7, 11) is 0. The van der Waals surface area contributed by atoms with E-state index in [2.05, 4.69) is 4.98 Å². The summed E-state index contributed by atoms with van der Waals surface area (Å²) in [5.41, 5.74) is 0.596. The van der Waals surface area contributed by atoms with Crippen molar-refractivity contribution in [1.29, 1.82) is 5.26 Å². The Labute approximate surface area is 127 Å². The van der Waals surface area contributed by atoms with Gasteiger partial charge >= 0.3 is 0 Å². The van der Waals surface area contributed by atoms with Crippen LogP contribution in [0.1, 0.15) is 36.0 Å². The molecule has 0 radical (unpaired) electrons. The first-order valence-corrected chi connectivity index (χ1v) is 7.36. The highest BCUT2D eigenvalue weighted by molar-refractivity contribution is 7.09. The van der Waals surface area contributed by atoms with Gasteiger partial charge in [-0.3, -0.25) is 4.79 Å². The molecule has 3 nitrogen and oxygen atoms in total. The Morgan fingerprint density at radius 3 is 2.48 bits per heavy atom. The summed E-state index contributed by atoms with van der Waals surface area (Å²) in [6, 6.07) is 7.84. The van der Waals surface area contributed by atoms with Crippen LogP contribution in [0.5, 0.6) is 0 Å². The molecule has 1 aromatic heterocycles. The quantitative estimate of drug-likeness (QED) is 0.864. The van der Waals surface area contributed by atoms with E-state index in [-0.39, 0.29) is 11.6 Å². The molecule has 0 aliphatic carbocycles. The van der Waals surface area contributed by atoms with E-state index >= 15 is 0 Å². The van der Waals surface area contributed by atoms with Crippen LogP contribution in [0.3, 0.4) is 0 Å². The lowest BCUT2D eigenvalue weighted by Crippen LogP contribution is -2.33. The number of aryl methyl sites for hydroxylation is 1. The monoisotopic (exact) mass is 302 g/mol. The average Bonchev–Trinajstić information content (AvgIpc) is 2.86. The maximum Gasteiger partial charge on any atom is 0.166 e. The summed E-state index contributed by atoms with van der Waals surface area (Å²) in [6.07, 6.45) is 0. The molecule has 0 aliphatic heterocycles. The van der Waals surface area contributed by atoms with Crippen LogP contribution in [0, 0.1) is 24.1 Å². The summed E-state index contributed by atoms with van der Waals surface area (Å²) >= 11 is 1.31. The molecule has 2 rings (SSSR count). The molecule has 0 amide bonds. The molecule has 1 heterocycles. The normalized spacial score (nSPS) is 12.7. The van der Waals surface area contributed by atoms with E-state index in [9.17, 15) is 14.4 Å². The Kier molecular flexibility index (Phi) is 4.19. The van der Waals surface area contributed by atoms with Crippen molar-refractivity contribution in [3.05, 3.63) is 51.7 Å². The van der Waals surface area contributed by atoms with Gasteiger partial charge in [-0.2, -0.15) is 5.26 Å². The number of hydrogen-bond donors (Lipinski definition) is 0. The van der Waals surface area contributed by atoms with Crippen LogP contribution in [0.25, 0.3) is 0 Å². The average molecular weight is 302 g/mol. The van der Waals surface area contributed by atoms with Crippen LogP contribution in [-0.2, 0) is 10.2 Å². The predicted molar refractivity (Wildman–Crippen MR) is 79.6 cm³/mol. The van der Waals surface area contributed by atoms with Crippen LogP contribution in [0.15, 0.2) is 29.6 Å². The lowest BCUT2D eigenvalue weighted by molar-refractivity contribution is -0.123. The molecule has 1 aromatic carbocycles. The lowest BCUT2D eigenvalue weighted by atomic mass is 9.76. The van der Waals surface area contributed by atoms with Crippen molar-refractivity contribution in [1.82, 2.24) is 4.98 Å². The van der Waals surface area contributed by atoms with E-state index in [0.717, 1.165) is 5.69 Å². The molecule has 0 bridgehead atoms. The zero-order valence-electron chi connectivity index (χ0n) is 12.1. The summed E-state index contributed by atoms with van der Waals surface area (Å²) in [5, 5.41) is 11.7. The molecule has 5 heteroatoms. The molecule has 108 valence electrons. The summed E-state index contributed by atoms with van der Waals surface area (Å²) < 4.78 is 13.0. The third-order valence-electron chi connectivity index (χ3n) is 3.46. The van der Waals surface area contributed by atoms with Crippen LogP contribution in [0.2, 0.25) is 0 Å². The van der Waals surface area contributed by atoms with Gasteiger partial charge in [0.15, 0.2) is 11.7 Å². The number of nitriles is 1. The maximum atomic E-state index is 13.0. The first-order chi connectivity index (χ1) is 9.86. The van der Waals surface area contributed by atoms with E-state index in [1.54, 1.807) is 26.0 Å². The van der Waals surface area contributed by atoms with E-state index < -0.39 is 11.3 Å². The number of carbonyl (C=O) groups excluding carboxylic acids is 1. The molecule has 0 N–H and O–H groups in total. The van der Waals surface area contributed by atoms with Crippen molar-refractivity contribution in [2.24, 2.45) is 0 Å². The number of carbonyl (C=O) groups is 1. The molecule has 0 saturated heterocycles. The van der Waals surface area contributed by atoms with Crippen molar-refractivity contribution in [2.75, 3.05) is 0 Å². The molecule has 0 saturated carbocycles. The molecule has 0 fully saturated rings. The molecular formula is C16H15FN2OS. The maximum absolute atomic E-state index is 13.0. The summed E-state index contributed by atoms with van der Waals surface area (Å²) in [4.78, 5) is 17.0. The number of Topliss-reactive ketones (excluding diaryl/α,β-unsaturated/α-hetero) is 1. The van der Waals surface area contributed by atoms with Gasteiger partial charge in [0.05, 0.1) is 11.5 Å². The SMILES string of the molecule is Cc1csc([C@@H](C#N)C(=O)C(C)(C)c2ccc(F)cc2)n1. The minimum absolute atomic E-state index is 0.231. The third-order valence-corrected chi connectivity index (χ3v) is 4.48. The number of ketones is 1. The van der Waals surface area contributed by atoms with Crippen molar-refractivity contribution < 1.29 is 9.18 Å². The van der Waals surface area contributed by atoms with Crippen molar-refractivity contribution in [3.63, 3.8) is 0 Å². The molecule has 0 spiro atoms.